The lowest BCUT2D eigenvalue weighted by Crippen LogP contribution is -2.53. The number of carbonyl (C=O) groups is 4. The number of hydrogen-bond donors (Lipinski definition) is 4. The number of likely N-dealkylation sites (tertiary alicyclic amines) is 1. The molecule has 1 heterocycles. The van der Waals surface area contributed by atoms with Crippen molar-refractivity contribution in [2.75, 3.05) is 6.54 Å². The number of amides is 3. The second-order valence-corrected chi connectivity index (χ2v) is 7.82. The molecule has 0 saturated carbocycles. The number of hydrogen-bond acceptors (Lipinski definition) is 5. The maximum absolute atomic E-state index is 13.0. The summed E-state index contributed by atoms with van der Waals surface area (Å²) in [5.74, 6) is -3.37. The zero-order chi connectivity index (χ0) is 20.7. The van der Waals surface area contributed by atoms with Crippen LogP contribution in [0.1, 0.15) is 53.4 Å². The van der Waals surface area contributed by atoms with Crippen LogP contribution in [-0.2, 0) is 19.2 Å². The Hall–Kier alpha value is -2.16. The Labute approximate surface area is 159 Å². The standard InChI is InChI=1S/C18H31N3O6/c1-10(2)8-12(9-14(22)20-27)17(24)21-7-5-6-13(21)16(23)19-15(11(3)4)18(25)26/h10-13,15,27H,5-9H2,1-4H3,(H,19,23)(H,20,22)(H,25,26)/t12-,13?,15?/m1/s1. The molecular formula is C18H31N3O6. The van der Waals surface area contributed by atoms with Gasteiger partial charge in [-0.2, -0.15) is 0 Å². The van der Waals surface area contributed by atoms with Crippen molar-refractivity contribution < 1.29 is 29.5 Å². The Kier molecular flexibility index (Phi) is 8.68. The highest BCUT2D eigenvalue weighted by Gasteiger charge is 2.39. The molecule has 0 spiro atoms. The average molecular weight is 385 g/mol. The minimum absolute atomic E-state index is 0.151. The molecule has 9 heteroatoms. The fraction of sp³-hybridized carbons (Fsp3) is 0.778. The van der Waals surface area contributed by atoms with Gasteiger partial charge in [0.2, 0.25) is 17.7 Å². The van der Waals surface area contributed by atoms with Gasteiger partial charge < -0.3 is 15.3 Å². The van der Waals surface area contributed by atoms with Crippen molar-refractivity contribution in [3.63, 3.8) is 0 Å². The summed E-state index contributed by atoms with van der Waals surface area (Å²) in [5.41, 5.74) is 1.54. The van der Waals surface area contributed by atoms with Gasteiger partial charge in [-0.3, -0.25) is 19.6 Å². The first-order chi connectivity index (χ1) is 12.6. The summed E-state index contributed by atoms with van der Waals surface area (Å²) in [6.45, 7) is 7.62. The van der Waals surface area contributed by atoms with Gasteiger partial charge in [-0.1, -0.05) is 27.7 Å². The van der Waals surface area contributed by atoms with Crippen LogP contribution >= 0.6 is 0 Å². The van der Waals surface area contributed by atoms with E-state index in [-0.39, 0.29) is 24.2 Å². The van der Waals surface area contributed by atoms with Crippen LogP contribution in [-0.4, -0.2) is 57.5 Å². The summed E-state index contributed by atoms with van der Waals surface area (Å²) < 4.78 is 0. The molecule has 3 amide bonds. The molecule has 0 aromatic rings. The molecule has 2 unspecified atom stereocenters. The van der Waals surface area contributed by atoms with E-state index in [4.69, 9.17) is 5.21 Å². The fourth-order valence-corrected chi connectivity index (χ4v) is 3.41. The monoisotopic (exact) mass is 385 g/mol. The number of hydroxylamine groups is 1. The number of nitrogens with one attached hydrogen (secondary N) is 2. The zero-order valence-corrected chi connectivity index (χ0v) is 16.4. The normalized spacial score (nSPS) is 19.1. The number of carboxylic acid groups (broad SMARTS) is 1. The summed E-state index contributed by atoms with van der Waals surface area (Å²) in [4.78, 5) is 49.9. The molecule has 0 bridgehead atoms. The van der Waals surface area contributed by atoms with Crippen LogP contribution in [0.5, 0.6) is 0 Å². The highest BCUT2D eigenvalue weighted by molar-refractivity contribution is 5.92. The van der Waals surface area contributed by atoms with E-state index in [0.717, 1.165) is 0 Å². The maximum atomic E-state index is 13.0. The van der Waals surface area contributed by atoms with Crippen LogP contribution in [0.25, 0.3) is 0 Å². The molecule has 0 aromatic carbocycles. The Morgan fingerprint density at radius 2 is 1.78 bits per heavy atom. The van der Waals surface area contributed by atoms with Crippen LogP contribution < -0.4 is 10.8 Å². The molecule has 9 nitrogen and oxygen atoms in total. The van der Waals surface area contributed by atoms with Gasteiger partial charge in [-0.05, 0) is 31.1 Å². The summed E-state index contributed by atoms with van der Waals surface area (Å²) in [7, 11) is 0. The lowest BCUT2D eigenvalue weighted by Gasteiger charge is -2.30. The molecule has 27 heavy (non-hydrogen) atoms. The van der Waals surface area contributed by atoms with E-state index >= 15 is 0 Å². The van der Waals surface area contributed by atoms with Crippen molar-refractivity contribution in [2.24, 2.45) is 17.8 Å². The van der Waals surface area contributed by atoms with Crippen molar-refractivity contribution in [2.45, 2.75) is 65.5 Å². The van der Waals surface area contributed by atoms with Crippen molar-refractivity contribution in [1.82, 2.24) is 15.7 Å². The van der Waals surface area contributed by atoms with Crippen molar-refractivity contribution in [1.29, 1.82) is 0 Å². The zero-order valence-electron chi connectivity index (χ0n) is 16.4. The van der Waals surface area contributed by atoms with E-state index < -0.39 is 35.8 Å². The Morgan fingerprint density at radius 3 is 2.26 bits per heavy atom. The SMILES string of the molecule is CC(C)C[C@H](CC(=O)NO)C(=O)N1CCCC1C(=O)NC(C(=O)O)C(C)C. The van der Waals surface area contributed by atoms with Gasteiger partial charge in [0.1, 0.15) is 12.1 Å². The van der Waals surface area contributed by atoms with Gasteiger partial charge >= 0.3 is 5.97 Å². The van der Waals surface area contributed by atoms with Crippen molar-refractivity contribution in [3.8, 4) is 0 Å². The van der Waals surface area contributed by atoms with Crippen LogP contribution in [0.3, 0.4) is 0 Å². The fourth-order valence-electron chi connectivity index (χ4n) is 3.41. The van der Waals surface area contributed by atoms with E-state index in [0.29, 0.717) is 25.8 Å². The van der Waals surface area contributed by atoms with E-state index in [1.54, 1.807) is 19.3 Å². The topological polar surface area (TPSA) is 136 Å². The Bertz CT molecular complexity index is 563. The largest absolute Gasteiger partial charge is 0.480 e. The van der Waals surface area contributed by atoms with Gasteiger partial charge in [0.05, 0.1) is 0 Å². The van der Waals surface area contributed by atoms with Crippen LogP contribution in [0.2, 0.25) is 0 Å². The number of carboxylic acids is 1. The van der Waals surface area contributed by atoms with Crippen molar-refractivity contribution in [3.05, 3.63) is 0 Å². The minimum Gasteiger partial charge on any atom is -0.480 e. The third-order valence-electron chi connectivity index (χ3n) is 4.73. The lowest BCUT2D eigenvalue weighted by atomic mass is 9.92. The van der Waals surface area contributed by atoms with Crippen molar-refractivity contribution >= 4 is 23.7 Å². The quantitative estimate of drug-likeness (QED) is 0.342. The molecule has 0 radical (unpaired) electrons. The van der Waals surface area contributed by atoms with E-state index in [1.807, 2.05) is 13.8 Å². The second kappa shape index (κ2) is 10.2. The smallest absolute Gasteiger partial charge is 0.326 e. The van der Waals surface area contributed by atoms with E-state index in [9.17, 15) is 24.3 Å². The molecule has 1 rings (SSSR count). The summed E-state index contributed by atoms with van der Waals surface area (Å²) in [5, 5.41) is 20.5. The van der Waals surface area contributed by atoms with E-state index in [1.165, 1.54) is 4.90 Å². The third-order valence-corrected chi connectivity index (χ3v) is 4.73. The van der Waals surface area contributed by atoms with Gasteiger partial charge in [0.15, 0.2) is 0 Å². The summed E-state index contributed by atoms with van der Waals surface area (Å²) >= 11 is 0. The molecular weight excluding hydrogens is 354 g/mol. The second-order valence-electron chi connectivity index (χ2n) is 7.82. The number of rotatable bonds is 9. The third kappa shape index (κ3) is 6.50. The Balaban J connectivity index is 2.91. The predicted molar refractivity (Wildman–Crippen MR) is 96.6 cm³/mol. The van der Waals surface area contributed by atoms with Crippen LogP contribution in [0.4, 0.5) is 0 Å². The van der Waals surface area contributed by atoms with Gasteiger partial charge in [0.25, 0.3) is 0 Å². The summed E-state index contributed by atoms with van der Waals surface area (Å²) in [6, 6.07) is -1.77. The predicted octanol–water partition coefficient (Wildman–Crippen LogP) is 0.761. The number of aliphatic carboxylic acids is 1. The molecule has 154 valence electrons. The van der Waals surface area contributed by atoms with Gasteiger partial charge in [-0.25, -0.2) is 10.3 Å². The molecule has 0 aromatic heterocycles. The highest BCUT2D eigenvalue weighted by Crippen LogP contribution is 2.25. The molecule has 0 aliphatic carbocycles. The maximum Gasteiger partial charge on any atom is 0.326 e. The minimum atomic E-state index is -1.12. The first-order valence-corrected chi connectivity index (χ1v) is 9.35. The molecule has 1 saturated heterocycles. The van der Waals surface area contributed by atoms with Gasteiger partial charge in [0, 0.05) is 18.9 Å². The highest BCUT2D eigenvalue weighted by atomic mass is 16.5. The summed E-state index contributed by atoms with van der Waals surface area (Å²) in [6.07, 6.45) is 1.36. The van der Waals surface area contributed by atoms with Crippen LogP contribution in [0, 0.1) is 17.8 Å². The van der Waals surface area contributed by atoms with Gasteiger partial charge in [-0.15, -0.1) is 0 Å². The molecule has 1 aliphatic rings. The first kappa shape index (κ1) is 22.9. The molecule has 1 fully saturated rings. The first-order valence-electron chi connectivity index (χ1n) is 9.35. The number of carbonyl (C=O) groups excluding carboxylic acids is 3. The average Bonchev–Trinajstić information content (AvgIpc) is 3.06. The molecule has 1 aliphatic heterocycles. The molecule has 4 N–H and O–H groups in total. The Morgan fingerprint density at radius 1 is 1.15 bits per heavy atom. The molecule has 3 atom stereocenters. The lowest BCUT2D eigenvalue weighted by molar-refractivity contribution is -0.147. The van der Waals surface area contributed by atoms with Crippen LogP contribution in [0.15, 0.2) is 0 Å². The van der Waals surface area contributed by atoms with E-state index in [2.05, 4.69) is 5.32 Å². The number of nitrogens with zero attached hydrogens (tertiary/aromatic N) is 1.